The van der Waals surface area contributed by atoms with Crippen LogP contribution < -0.4 is 15.1 Å². The molecule has 0 fully saturated rings. The number of nitrogens with one attached hydrogen (secondary N) is 1. The molecule has 0 saturated carbocycles. The van der Waals surface area contributed by atoms with Crippen LogP contribution in [0.15, 0.2) is 18.2 Å². The second kappa shape index (κ2) is 7.00. The summed E-state index contributed by atoms with van der Waals surface area (Å²) in [6.07, 6.45) is 1.44. The second-order valence-corrected chi connectivity index (χ2v) is 5.87. The molecule has 5 nitrogen and oxygen atoms in total. The standard InChI is InChI=1S/C16H28N4O/c1-5-20(10-11-21)13-6-7-15-14(12-13)17-16(19(15)4)8-9-18(2)3/h6-7,12,16-17,21H,5,8-11H2,1-4H3. The molecular formula is C16H28N4O. The number of nitrogens with zero attached hydrogens (tertiary/aromatic N) is 3. The number of likely N-dealkylation sites (N-methyl/N-ethyl adjacent to an activating group) is 1. The molecule has 2 rings (SSSR count). The first kappa shape index (κ1) is 15.9. The topological polar surface area (TPSA) is 42.0 Å². The van der Waals surface area contributed by atoms with Crippen LogP contribution in [0.3, 0.4) is 0 Å². The predicted molar refractivity (Wildman–Crippen MR) is 90.4 cm³/mol. The van der Waals surface area contributed by atoms with Crippen LogP contribution in [0.25, 0.3) is 0 Å². The maximum Gasteiger partial charge on any atom is 0.1000 e. The van der Waals surface area contributed by atoms with Gasteiger partial charge in [0.2, 0.25) is 0 Å². The van der Waals surface area contributed by atoms with Gasteiger partial charge in [0.05, 0.1) is 24.1 Å². The summed E-state index contributed by atoms with van der Waals surface area (Å²) in [5.74, 6) is 0. The van der Waals surface area contributed by atoms with E-state index in [0.29, 0.717) is 12.7 Å². The van der Waals surface area contributed by atoms with Gasteiger partial charge in [0, 0.05) is 32.4 Å². The first-order chi connectivity index (χ1) is 10.1. The maximum atomic E-state index is 9.16. The molecule has 0 saturated heterocycles. The third kappa shape index (κ3) is 3.60. The summed E-state index contributed by atoms with van der Waals surface area (Å²) in [7, 11) is 6.35. The second-order valence-electron chi connectivity index (χ2n) is 5.87. The van der Waals surface area contributed by atoms with E-state index < -0.39 is 0 Å². The molecular weight excluding hydrogens is 264 g/mol. The van der Waals surface area contributed by atoms with Crippen molar-refractivity contribution < 1.29 is 5.11 Å². The van der Waals surface area contributed by atoms with E-state index in [1.54, 1.807) is 0 Å². The SMILES string of the molecule is CCN(CCO)c1ccc2c(c1)NC(CCN(C)C)N2C. The lowest BCUT2D eigenvalue weighted by Gasteiger charge is -2.24. The molecule has 118 valence electrons. The highest BCUT2D eigenvalue weighted by Gasteiger charge is 2.25. The predicted octanol–water partition coefficient (Wildman–Crippen LogP) is 1.64. The summed E-state index contributed by atoms with van der Waals surface area (Å²) in [4.78, 5) is 6.71. The van der Waals surface area contributed by atoms with E-state index in [-0.39, 0.29) is 6.61 Å². The molecule has 1 aliphatic heterocycles. The van der Waals surface area contributed by atoms with Crippen LogP contribution in [0.5, 0.6) is 0 Å². The molecule has 21 heavy (non-hydrogen) atoms. The molecule has 2 N–H and O–H groups in total. The fourth-order valence-electron chi connectivity index (χ4n) is 2.82. The molecule has 1 aromatic carbocycles. The molecule has 0 amide bonds. The van der Waals surface area contributed by atoms with Crippen LogP contribution in [0.1, 0.15) is 13.3 Å². The van der Waals surface area contributed by atoms with Crippen molar-refractivity contribution in [3.63, 3.8) is 0 Å². The van der Waals surface area contributed by atoms with Crippen molar-refractivity contribution in [2.45, 2.75) is 19.5 Å². The lowest BCUT2D eigenvalue weighted by molar-refractivity contribution is 0.302. The number of fused-ring (bicyclic) bond motifs is 1. The van der Waals surface area contributed by atoms with Crippen molar-refractivity contribution in [1.82, 2.24) is 4.90 Å². The van der Waals surface area contributed by atoms with Gasteiger partial charge in [0.15, 0.2) is 0 Å². The van der Waals surface area contributed by atoms with Gasteiger partial charge in [-0.15, -0.1) is 0 Å². The summed E-state index contributed by atoms with van der Waals surface area (Å²) in [5, 5.41) is 12.8. The Morgan fingerprint density at radius 1 is 1.29 bits per heavy atom. The van der Waals surface area contributed by atoms with Crippen LogP contribution in [0.2, 0.25) is 0 Å². The van der Waals surface area contributed by atoms with Gasteiger partial charge in [0.1, 0.15) is 0 Å². The molecule has 1 atom stereocenters. The van der Waals surface area contributed by atoms with E-state index in [0.717, 1.165) is 19.5 Å². The van der Waals surface area contributed by atoms with Gasteiger partial charge < -0.3 is 25.1 Å². The zero-order valence-electron chi connectivity index (χ0n) is 13.6. The highest BCUT2D eigenvalue weighted by Crippen LogP contribution is 2.37. The van der Waals surface area contributed by atoms with Crippen LogP contribution >= 0.6 is 0 Å². The number of anilines is 3. The Bertz CT molecular complexity index is 464. The quantitative estimate of drug-likeness (QED) is 0.800. The highest BCUT2D eigenvalue weighted by atomic mass is 16.3. The normalized spacial score (nSPS) is 17.0. The fourth-order valence-corrected chi connectivity index (χ4v) is 2.82. The summed E-state index contributed by atoms with van der Waals surface area (Å²) >= 11 is 0. The first-order valence-electron chi connectivity index (χ1n) is 7.70. The Labute approximate surface area is 128 Å². The third-order valence-corrected chi connectivity index (χ3v) is 4.12. The molecule has 1 aromatic rings. The molecule has 1 aliphatic rings. The zero-order valence-corrected chi connectivity index (χ0v) is 13.6. The molecule has 0 radical (unpaired) electrons. The number of benzene rings is 1. The van der Waals surface area contributed by atoms with Crippen molar-refractivity contribution >= 4 is 17.1 Å². The largest absolute Gasteiger partial charge is 0.395 e. The Morgan fingerprint density at radius 3 is 2.67 bits per heavy atom. The smallest absolute Gasteiger partial charge is 0.1000 e. The maximum absolute atomic E-state index is 9.16. The molecule has 1 unspecified atom stereocenters. The van der Waals surface area contributed by atoms with Gasteiger partial charge in [-0.2, -0.15) is 0 Å². The van der Waals surface area contributed by atoms with E-state index in [9.17, 15) is 0 Å². The van der Waals surface area contributed by atoms with Crippen LogP contribution in [-0.4, -0.2) is 63.6 Å². The highest BCUT2D eigenvalue weighted by molar-refractivity contribution is 5.79. The average molecular weight is 292 g/mol. The number of aliphatic hydroxyl groups is 1. The van der Waals surface area contributed by atoms with E-state index in [4.69, 9.17) is 5.11 Å². The molecule has 5 heteroatoms. The molecule has 0 spiro atoms. The average Bonchev–Trinajstić information content (AvgIpc) is 2.78. The molecule has 0 aromatic heterocycles. The van der Waals surface area contributed by atoms with Crippen molar-refractivity contribution in [1.29, 1.82) is 0 Å². The van der Waals surface area contributed by atoms with Gasteiger partial charge in [0.25, 0.3) is 0 Å². The minimum absolute atomic E-state index is 0.184. The lowest BCUT2D eigenvalue weighted by atomic mass is 10.2. The van der Waals surface area contributed by atoms with E-state index in [1.165, 1.54) is 17.1 Å². The Balaban J connectivity index is 2.11. The van der Waals surface area contributed by atoms with E-state index in [1.807, 2.05) is 0 Å². The van der Waals surface area contributed by atoms with E-state index in [2.05, 4.69) is 66.3 Å². The van der Waals surface area contributed by atoms with Crippen molar-refractivity contribution in [3.05, 3.63) is 18.2 Å². The monoisotopic (exact) mass is 292 g/mol. The fraction of sp³-hybridized carbons (Fsp3) is 0.625. The van der Waals surface area contributed by atoms with Gasteiger partial charge in [-0.1, -0.05) is 0 Å². The molecule has 0 bridgehead atoms. The van der Waals surface area contributed by atoms with Gasteiger partial charge >= 0.3 is 0 Å². The molecule has 0 aliphatic carbocycles. The van der Waals surface area contributed by atoms with Crippen molar-refractivity contribution in [2.24, 2.45) is 0 Å². The first-order valence-corrected chi connectivity index (χ1v) is 7.70. The lowest BCUT2D eigenvalue weighted by Crippen LogP contribution is -2.35. The van der Waals surface area contributed by atoms with Gasteiger partial charge in [-0.25, -0.2) is 0 Å². The number of rotatable bonds is 7. The Hall–Kier alpha value is -1.46. The Morgan fingerprint density at radius 2 is 2.05 bits per heavy atom. The molecule has 1 heterocycles. The minimum atomic E-state index is 0.184. The summed E-state index contributed by atoms with van der Waals surface area (Å²) < 4.78 is 0. The van der Waals surface area contributed by atoms with Gasteiger partial charge in [-0.05, 0) is 45.6 Å². The Kier molecular flexibility index (Phi) is 5.31. The number of hydrogen-bond acceptors (Lipinski definition) is 5. The van der Waals surface area contributed by atoms with Crippen LogP contribution in [0.4, 0.5) is 17.1 Å². The zero-order chi connectivity index (χ0) is 15.4. The van der Waals surface area contributed by atoms with Crippen molar-refractivity contribution in [3.8, 4) is 0 Å². The number of hydrogen-bond donors (Lipinski definition) is 2. The summed E-state index contributed by atoms with van der Waals surface area (Å²) in [6.45, 7) is 4.94. The third-order valence-electron chi connectivity index (χ3n) is 4.12. The minimum Gasteiger partial charge on any atom is -0.395 e. The number of aliphatic hydroxyl groups excluding tert-OH is 1. The van der Waals surface area contributed by atoms with Crippen LogP contribution in [-0.2, 0) is 0 Å². The summed E-state index contributed by atoms with van der Waals surface area (Å²) in [6, 6.07) is 6.51. The van der Waals surface area contributed by atoms with Crippen LogP contribution in [0, 0.1) is 0 Å². The summed E-state index contributed by atoms with van der Waals surface area (Å²) in [5.41, 5.74) is 3.61. The van der Waals surface area contributed by atoms with Gasteiger partial charge in [-0.3, -0.25) is 0 Å². The van der Waals surface area contributed by atoms with E-state index >= 15 is 0 Å². The van der Waals surface area contributed by atoms with Crippen molar-refractivity contribution in [2.75, 3.05) is 62.5 Å².